The lowest BCUT2D eigenvalue weighted by molar-refractivity contribution is 0.409. The van der Waals surface area contributed by atoms with Crippen LogP contribution in [0.4, 0.5) is 5.69 Å². The molecule has 0 aliphatic carbocycles. The maximum absolute atomic E-state index is 10.9. The summed E-state index contributed by atoms with van der Waals surface area (Å²) in [5.74, 6) is 0.599. The molecule has 0 unspecified atom stereocenters. The van der Waals surface area contributed by atoms with Crippen LogP contribution in [0.25, 0.3) is 0 Å². The fraction of sp³-hybridized carbons (Fsp3) is 0.286. The van der Waals surface area contributed by atoms with Crippen LogP contribution >= 0.6 is 0 Å². The Morgan fingerprint density at radius 3 is 2.82 bits per heavy atom. The highest BCUT2D eigenvalue weighted by Gasteiger charge is 2.01. The minimum atomic E-state index is -0.275. The number of nitrogens with one attached hydrogen (secondary N) is 1. The number of nitrogens with two attached hydrogens (primary N) is 1. The van der Waals surface area contributed by atoms with E-state index < -0.39 is 0 Å². The van der Waals surface area contributed by atoms with Crippen LogP contribution in [0.2, 0.25) is 0 Å². The third-order valence-corrected chi connectivity index (χ3v) is 1.44. The summed E-state index contributed by atoms with van der Waals surface area (Å²) in [7, 11) is 1.53. The Kier molecular flexibility index (Phi) is 1.85. The quantitative estimate of drug-likeness (QED) is 0.610. The lowest BCUT2D eigenvalue weighted by Crippen LogP contribution is -2.12. The number of nitrogen functional groups attached to an aromatic ring is 1. The Labute approximate surface area is 64.0 Å². The third kappa shape index (κ3) is 1.34. The average molecular weight is 154 g/mol. The Hall–Kier alpha value is -1.45. The summed E-state index contributed by atoms with van der Waals surface area (Å²) >= 11 is 0. The average Bonchev–Trinajstić information content (AvgIpc) is 1.97. The van der Waals surface area contributed by atoms with Crippen molar-refractivity contribution in [3.63, 3.8) is 0 Å². The number of aromatic nitrogens is 1. The molecule has 0 fully saturated rings. The molecule has 1 rings (SSSR count). The van der Waals surface area contributed by atoms with Gasteiger partial charge in [0.1, 0.15) is 11.4 Å². The number of pyridine rings is 1. The van der Waals surface area contributed by atoms with E-state index in [9.17, 15) is 4.79 Å². The molecule has 3 N–H and O–H groups in total. The molecule has 0 saturated heterocycles. The summed E-state index contributed by atoms with van der Waals surface area (Å²) in [6, 6.07) is 1.51. The van der Waals surface area contributed by atoms with Gasteiger partial charge < -0.3 is 15.5 Å². The highest BCUT2D eigenvalue weighted by atomic mass is 16.5. The van der Waals surface area contributed by atoms with Crippen LogP contribution in [-0.2, 0) is 0 Å². The molecule has 1 aromatic rings. The first-order chi connectivity index (χ1) is 5.15. The van der Waals surface area contributed by atoms with Gasteiger partial charge in [-0.25, -0.2) is 0 Å². The van der Waals surface area contributed by atoms with E-state index in [4.69, 9.17) is 10.5 Å². The van der Waals surface area contributed by atoms with Crippen molar-refractivity contribution in [2.45, 2.75) is 6.92 Å². The molecule has 0 radical (unpaired) electrons. The first kappa shape index (κ1) is 7.65. The molecule has 1 aromatic heterocycles. The van der Waals surface area contributed by atoms with Crippen molar-refractivity contribution in [3.05, 3.63) is 22.1 Å². The zero-order valence-electron chi connectivity index (χ0n) is 6.47. The molecule has 0 bridgehead atoms. The molecule has 0 spiro atoms. The monoisotopic (exact) mass is 154 g/mol. The number of H-pyrrole nitrogens is 1. The summed E-state index contributed by atoms with van der Waals surface area (Å²) < 4.78 is 4.93. The highest BCUT2D eigenvalue weighted by molar-refractivity contribution is 5.43. The maximum Gasteiger partial charge on any atom is 0.271 e. The third-order valence-electron chi connectivity index (χ3n) is 1.44. The van der Waals surface area contributed by atoms with Gasteiger partial charge >= 0.3 is 0 Å². The summed E-state index contributed by atoms with van der Waals surface area (Å²) in [4.78, 5) is 13.4. The van der Waals surface area contributed by atoms with Crippen molar-refractivity contribution < 1.29 is 4.74 Å². The van der Waals surface area contributed by atoms with Crippen LogP contribution in [0.15, 0.2) is 10.9 Å². The van der Waals surface area contributed by atoms with Crippen LogP contribution in [0.1, 0.15) is 5.69 Å². The normalized spacial score (nSPS) is 9.64. The lowest BCUT2D eigenvalue weighted by atomic mass is 10.3. The Morgan fingerprint density at radius 2 is 2.27 bits per heavy atom. The molecule has 0 saturated carbocycles. The predicted molar refractivity (Wildman–Crippen MR) is 42.8 cm³/mol. The lowest BCUT2D eigenvalue weighted by Gasteiger charge is -2.03. The van der Waals surface area contributed by atoms with Gasteiger partial charge in [0.2, 0.25) is 0 Å². The summed E-state index contributed by atoms with van der Waals surface area (Å²) in [5, 5.41) is 0. The van der Waals surface area contributed by atoms with Gasteiger partial charge in [-0.1, -0.05) is 0 Å². The van der Waals surface area contributed by atoms with E-state index in [-0.39, 0.29) is 11.2 Å². The van der Waals surface area contributed by atoms with Gasteiger partial charge in [-0.2, -0.15) is 0 Å². The van der Waals surface area contributed by atoms with Crippen LogP contribution in [-0.4, -0.2) is 12.1 Å². The zero-order chi connectivity index (χ0) is 8.43. The van der Waals surface area contributed by atoms with Crippen LogP contribution in [0, 0.1) is 6.92 Å². The first-order valence-corrected chi connectivity index (χ1v) is 3.18. The molecular weight excluding hydrogens is 144 g/mol. The SMILES string of the molecule is COc1cc(N)c(=O)[nH]c1C. The molecule has 4 nitrogen and oxygen atoms in total. The number of anilines is 1. The molecule has 0 aromatic carbocycles. The van der Waals surface area contributed by atoms with Gasteiger partial charge in [0.15, 0.2) is 0 Å². The van der Waals surface area contributed by atoms with Crippen molar-refractivity contribution in [2.75, 3.05) is 12.8 Å². The van der Waals surface area contributed by atoms with E-state index in [0.717, 1.165) is 0 Å². The van der Waals surface area contributed by atoms with E-state index >= 15 is 0 Å². The maximum atomic E-state index is 10.9. The van der Waals surface area contributed by atoms with Gasteiger partial charge in [-0.15, -0.1) is 0 Å². The topological polar surface area (TPSA) is 68.1 Å². The van der Waals surface area contributed by atoms with E-state index in [0.29, 0.717) is 11.4 Å². The number of hydrogen-bond acceptors (Lipinski definition) is 3. The van der Waals surface area contributed by atoms with Crippen molar-refractivity contribution in [1.82, 2.24) is 4.98 Å². The molecule has 0 aliphatic rings. The van der Waals surface area contributed by atoms with Crippen LogP contribution < -0.4 is 16.0 Å². The second kappa shape index (κ2) is 2.65. The fourth-order valence-corrected chi connectivity index (χ4v) is 0.831. The van der Waals surface area contributed by atoms with E-state index in [2.05, 4.69) is 4.98 Å². The first-order valence-electron chi connectivity index (χ1n) is 3.18. The fourth-order valence-electron chi connectivity index (χ4n) is 0.831. The van der Waals surface area contributed by atoms with Gasteiger partial charge in [0.05, 0.1) is 12.8 Å². The van der Waals surface area contributed by atoms with E-state index in [1.807, 2.05) is 0 Å². The number of methoxy groups -OCH3 is 1. The molecule has 11 heavy (non-hydrogen) atoms. The Bertz CT molecular complexity index is 317. The number of rotatable bonds is 1. The number of hydrogen-bond donors (Lipinski definition) is 2. The molecule has 0 aliphatic heterocycles. The molecular formula is C7H10N2O2. The minimum Gasteiger partial charge on any atom is -0.495 e. The number of ether oxygens (including phenoxy) is 1. The zero-order valence-corrected chi connectivity index (χ0v) is 6.47. The van der Waals surface area contributed by atoms with Gasteiger partial charge in [0, 0.05) is 6.07 Å². The Morgan fingerprint density at radius 1 is 1.64 bits per heavy atom. The van der Waals surface area contributed by atoms with Crippen molar-refractivity contribution in [2.24, 2.45) is 0 Å². The molecule has 4 heteroatoms. The molecule has 60 valence electrons. The number of aromatic amines is 1. The highest BCUT2D eigenvalue weighted by Crippen LogP contribution is 2.13. The molecule has 0 amide bonds. The van der Waals surface area contributed by atoms with Gasteiger partial charge in [0.25, 0.3) is 5.56 Å². The standard InChI is InChI=1S/C7H10N2O2/c1-4-6(11-2)3-5(8)7(10)9-4/h3H,8H2,1-2H3,(H,9,10). The smallest absolute Gasteiger partial charge is 0.271 e. The van der Waals surface area contributed by atoms with Gasteiger partial charge in [-0.3, -0.25) is 4.79 Å². The van der Waals surface area contributed by atoms with Crippen molar-refractivity contribution in [3.8, 4) is 5.75 Å². The molecule has 1 heterocycles. The molecule has 0 atom stereocenters. The van der Waals surface area contributed by atoms with Gasteiger partial charge in [-0.05, 0) is 6.92 Å². The minimum absolute atomic E-state index is 0.174. The summed E-state index contributed by atoms with van der Waals surface area (Å²) in [6.45, 7) is 1.75. The van der Waals surface area contributed by atoms with E-state index in [1.54, 1.807) is 6.92 Å². The van der Waals surface area contributed by atoms with Crippen LogP contribution in [0.5, 0.6) is 5.75 Å². The van der Waals surface area contributed by atoms with E-state index in [1.165, 1.54) is 13.2 Å². The predicted octanol–water partition coefficient (Wildman–Crippen LogP) is 0.274. The summed E-state index contributed by atoms with van der Waals surface area (Å²) in [6.07, 6.45) is 0. The van der Waals surface area contributed by atoms with Crippen molar-refractivity contribution >= 4 is 5.69 Å². The second-order valence-electron chi connectivity index (χ2n) is 2.25. The summed E-state index contributed by atoms with van der Waals surface area (Å²) in [5.41, 5.74) is 5.93. The van der Waals surface area contributed by atoms with Crippen LogP contribution in [0.3, 0.4) is 0 Å². The Balaban J connectivity index is 3.32. The largest absolute Gasteiger partial charge is 0.495 e. The second-order valence-corrected chi connectivity index (χ2v) is 2.25. The van der Waals surface area contributed by atoms with Crippen molar-refractivity contribution in [1.29, 1.82) is 0 Å². The number of aryl methyl sites for hydroxylation is 1.